The zero-order chi connectivity index (χ0) is 16.4. The number of H-pyrrole nitrogens is 1. The summed E-state index contributed by atoms with van der Waals surface area (Å²) < 4.78 is 43.5. The first-order chi connectivity index (χ1) is 11.1. The molecule has 1 aliphatic heterocycles. The quantitative estimate of drug-likeness (QED) is 0.806. The van der Waals surface area contributed by atoms with E-state index in [4.69, 9.17) is 0 Å². The van der Waals surface area contributed by atoms with Crippen LogP contribution in [0.25, 0.3) is 10.9 Å². The van der Waals surface area contributed by atoms with Crippen LogP contribution in [0.3, 0.4) is 0 Å². The normalized spacial score (nSPS) is 19.3. The number of halogens is 3. The number of nitrogens with zero attached hydrogens (tertiary/aromatic N) is 1. The number of benzene rings is 1. The van der Waals surface area contributed by atoms with Crippen molar-refractivity contribution < 1.29 is 17.9 Å². The largest absolute Gasteiger partial charge is 0.361 e. The number of alkyl halides is 2. The van der Waals surface area contributed by atoms with Crippen LogP contribution >= 0.6 is 11.8 Å². The van der Waals surface area contributed by atoms with Crippen LogP contribution in [0.1, 0.15) is 12.0 Å². The van der Waals surface area contributed by atoms with Gasteiger partial charge in [0, 0.05) is 41.6 Å². The number of ether oxygens (including phenoxy) is 1. The molecule has 1 aromatic heterocycles. The molecular weight excluding hydrogens is 325 g/mol. The van der Waals surface area contributed by atoms with E-state index in [9.17, 15) is 13.2 Å². The number of likely N-dealkylation sites (tertiary alicyclic amines) is 1. The lowest BCUT2D eigenvalue weighted by Gasteiger charge is -2.15. The third-order valence-corrected chi connectivity index (χ3v) is 5.03. The minimum atomic E-state index is -2.72. The average Bonchev–Trinajstić information content (AvgIpc) is 3.12. The van der Waals surface area contributed by atoms with Crippen molar-refractivity contribution in [3.63, 3.8) is 0 Å². The number of nitrogens with one attached hydrogen (secondary N) is 1. The Morgan fingerprint density at radius 3 is 3.00 bits per heavy atom. The fraction of sp³-hybridized carbons (Fsp3) is 0.500. The highest BCUT2D eigenvalue weighted by molar-refractivity contribution is 7.98. The molecule has 23 heavy (non-hydrogen) atoms. The van der Waals surface area contributed by atoms with Crippen molar-refractivity contribution in [3.8, 4) is 0 Å². The van der Waals surface area contributed by atoms with Gasteiger partial charge in [0.1, 0.15) is 5.82 Å². The van der Waals surface area contributed by atoms with Gasteiger partial charge in [-0.2, -0.15) is 8.78 Å². The monoisotopic (exact) mass is 344 g/mol. The Labute approximate surface area is 137 Å². The van der Waals surface area contributed by atoms with E-state index in [1.165, 1.54) is 11.8 Å². The molecule has 126 valence electrons. The third-order valence-electron chi connectivity index (χ3n) is 4.27. The Morgan fingerprint density at radius 1 is 1.43 bits per heavy atom. The zero-order valence-corrected chi connectivity index (χ0v) is 13.6. The Bertz CT molecular complexity index is 677. The van der Waals surface area contributed by atoms with Gasteiger partial charge in [-0.05, 0) is 36.8 Å². The number of aromatic nitrogens is 1. The summed E-state index contributed by atoms with van der Waals surface area (Å²) in [6.07, 6.45) is 4.57. The molecule has 3 nitrogen and oxygen atoms in total. The van der Waals surface area contributed by atoms with Crippen molar-refractivity contribution in [3.05, 3.63) is 29.7 Å². The van der Waals surface area contributed by atoms with Crippen LogP contribution in [-0.4, -0.2) is 48.5 Å². The first kappa shape index (κ1) is 16.7. The zero-order valence-electron chi connectivity index (χ0n) is 12.8. The lowest BCUT2D eigenvalue weighted by molar-refractivity contribution is -0.158. The predicted molar refractivity (Wildman–Crippen MR) is 85.7 cm³/mol. The Balaban J connectivity index is 1.66. The summed E-state index contributed by atoms with van der Waals surface area (Å²) >= 11 is 1.38. The molecule has 1 N–H and O–H groups in total. The molecule has 0 radical (unpaired) electrons. The van der Waals surface area contributed by atoms with Gasteiger partial charge in [0.05, 0.1) is 6.10 Å². The predicted octanol–water partition coefficient (Wildman–Crippen LogP) is 3.88. The number of aromatic amines is 1. The van der Waals surface area contributed by atoms with Crippen LogP contribution in [0.2, 0.25) is 0 Å². The fourth-order valence-electron chi connectivity index (χ4n) is 3.12. The molecular formula is C16H19F3N2OS. The minimum Gasteiger partial charge on any atom is -0.361 e. The van der Waals surface area contributed by atoms with Gasteiger partial charge in [-0.1, -0.05) is 0 Å². The standard InChI is InChI=1S/C16H19F3N2OS/c1-23-13-3-2-12-14(15(13)17)10(8-20-12)4-6-21-7-5-11(9-21)22-16(18)19/h2-3,8,11,16,20H,4-7,9H2,1H3/t11-/m1/s1. The van der Waals surface area contributed by atoms with E-state index in [1.54, 1.807) is 6.07 Å². The highest BCUT2D eigenvalue weighted by Crippen LogP contribution is 2.29. The second-order valence-corrected chi connectivity index (χ2v) is 6.52. The Hall–Kier alpha value is -1.18. The van der Waals surface area contributed by atoms with Crippen molar-refractivity contribution in [2.24, 2.45) is 0 Å². The lowest BCUT2D eigenvalue weighted by Crippen LogP contribution is -2.26. The highest BCUT2D eigenvalue weighted by atomic mass is 32.2. The van der Waals surface area contributed by atoms with Gasteiger partial charge in [0.15, 0.2) is 0 Å². The topological polar surface area (TPSA) is 28.3 Å². The molecule has 1 aromatic carbocycles. The van der Waals surface area contributed by atoms with E-state index in [0.29, 0.717) is 36.2 Å². The van der Waals surface area contributed by atoms with E-state index >= 15 is 0 Å². The molecule has 1 atom stereocenters. The van der Waals surface area contributed by atoms with Crippen molar-refractivity contribution in [2.75, 3.05) is 25.9 Å². The maximum Gasteiger partial charge on any atom is 0.345 e. The molecule has 2 aromatic rings. The van der Waals surface area contributed by atoms with Crippen LogP contribution in [-0.2, 0) is 11.2 Å². The van der Waals surface area contributed by atoms with Gasteiger partial charge in [-0.15, -0.1) is 11.8 Å². The summed E-state index contributed by atoms with van der Waals surface area (Å²) in [6.45, 7) is -0.768. The molecule has 0 aliphatic carbocycles. The first-order valence-corrected chi connectivity index (χ1v) is 8.79. The SMILES string of the molecule is CSc1ccc2[nH]cc(CCN3CC[C@@H](OC(F)F)C3)c2c1F. The smallest absolute Gasteiger partial charge is 0.345 e. The van der Waals surface area contributed by atoms with Crippen molar-refractivity contribution in [1.29, 1.82) is 0 Å². The number of hydrogen-bond donors (Lipinski definition) is 1. The maximum atomic E-state index is 14.5. The van der Waals surface area contributed by atoms with Crippen molar-refractivity contribution >= 4 is 22.7 Å². The van der Waals surface area contributed by atoms with Crippen LogP contribution in [0.15, 0.2) is 23.2 Å². The molecule has 1 saturated heterocycles. The van der Waals surface area contributed by atoms with E-state index < -0.39 is 12.7 Å². The molecule has 0 saturated carbocycles. The summed E-state index contributed by atoms with van der Waals surface area (Å²) in [7, 11) is 0. The van der Waals surface area contributed by atoms with Crippen LogP contribution in [0.5, 0.6) is 0 Å². The molecule has 7 heteroatoms. The van der Waals surface area contributed by atoms with Gasteiger partial charge < -0.3 is 14.6 Å². The summed E-state index contributed by atoms with van der Waals surface area (Å²) in [4.78, 5) is 5.81. The number of hydrogen-bond acceptors (Lipinski definition) is 3. The number of fused-ring (bicyclic) bond motifs is 1. The Kier molecular flexibility index (Phi) is 5.18. The van der Waals surface area contributed by atoms with Gasteiger partial charge in [0.25, 0.3) is 0 Å². The molecule has 2 heterocycles. The van der Waals surface area contributed by atoms with Gasteiger partial charge >= 0.3 is 6.61 Å². The average molecular weight is 344 g/mol. The van der Waals surface area contributed by atoms with Crippen LogP contribution < -0.4 is 0 Å². The second kappa shape index (κ2) is 7.15. The van der Waals surface area contributed by atoms with Crippen LogP contribution in [0, 0.1) is 5.82 Å². The van der Waals surface area contributed by atoms with E-state index in [0.717, 1.165) is 17.6 Å². The molecule has 0 spiro atoms. The number of thioether (sulfide) groups is 1. The summed E-state index contributed by atoms with van der Waals surface area (Å²) in [6, 6.07) is 3.66. The summed E-state index contributed by atoms with van der Waals surface area (Å²) in [5, 5.41) is 0.636. The fourth-order valence-corrected chi connectivity index (χ4v) is 3.60. The molecule has 3 rings (SSSR count). The van der Waals surface area contributed by atoms with Crippen LogP contribution in [0.4, 0.5) is 13.2 Å². The number of rotatable bonds is 6. The van der Waals surface area contributed by atoms with E-state index in [2.05, 4.69) is 14.6 Å². The molecule has 0 unspecified atom stereocenters. The van der Waals surface area contributed by atoms with E-state index in [-0.39, 0.29) is 5.82 Å². The summed E-state index contributed by atoms with van der Waals surface area (Å²) in [5.41, 5.74) is 1.71. The van der Waals surface area contributed by atoms with Gasteiger partial charge in [0.2, 0.25) is 0 Å². The van der Waals surface area contributed by atoms with E-state index in [1.807, 2.05) is 18.5 Å². The molecule has 1 fully saturated rings. The second-order valence-electron chi connectivity index (χ2n) is 5.68. The minimum absolute atomic E-state index is 0.188. The third kappa shape index (κ3) is 3.67. The van der Waals surface area contributed by atoms with Crippen molar-refractivity contribution in [2.45, 2.75) is 30.5 Å². The van der Waals surface area contributed by atoms with Gasteiger partial charge in [-0.3, -0.25) is 0 Å². The highest BCUT2D eigenvalue weighted by Gasteiger charge is 2.25. The van der Waals surface area contributed by atoms with Gasteiger partial charge in [-0.25, -0.2) is 4.39 Å². The molecule has 1 aliphatic rings. The lowest BCUT2D eigenvalue weighted by atomic mass is 10.1. The maximum absolute atomic E-state index is 14.5. The summed E-state index contributed by atoms with van der Waals surface area (Å²) in [5.74, 6) is -0.188. The molecule has 0 amide bonds. The van der Waals surface area contributed by atoms with Crippen molar-refractivity contribution in [1.82, 2.24) is 9.88 Å². The first-order valence-electron chi connectivity index (χ1n) is 7.57. The molecule has 0 bridgehead atoms. The Morgan fingerprint density at radius 2 is 2.26 bits per heavy atom.